The Morgan fingerprint density at radius 2 is 1.19 bits per heavy atom. The topological polar surface area (TPSA) is 85.3 Å². The molecule has 1 unspecified atom stereocenters. The van der Waals surface area contributed by atoms with Crippen LogP contribution in [0.4, 0.5) is 0 Å². The van der Waals surface area contributed by atoms with E-state index >= 15 is 0 Å². The lowest BCUT2D eigenvalue weighted by Crippen LogP contribution is -2.38. The third-order valence-corrected chi connectivity index (χ3v) is 9.90. The molecule has 1 atom stereocenters. The molecule has 0 aliphatic rings. The minimum Gasteiger partial charge on any atom is -0.293 e. The van der Waals surface area contributed by atoms with Crippen LogP contribution in [0.3, 0.4) is 0 Å². The Hall–Kier alpha value is -2.77. The average molecular weight is 527 g/mol. The fraction of sp³-hybridized carbons (Fsp3) is 0.345. The van der Waals surface area contributed by atoms with E-state index in [-0.39, 0.29) is 15.9 Å². The van der Waals surface area contributed by atoms with E-state index in [1.807, 2.05) is 13.8 Å². The molecule has 3 aromatic carbocycles. The fourth-order valence-electron chi connectivity index (χ4n) is 3.99. The van der Waals surface area contributed by atoms with Gasteiger partial charge in [0.1, 0.15) is 5.25 Å². The molecule has 0 bridgehead atoms. The van der Waals surface area contributed by atoms with Gasteiger partial charge in [-0.2, -0.15) is 0 Å². The number of sulfone groups is 2. The van der Waals surface area contributed by atoms with Gasteiger partial charge in [0.2, 0.25) is 0 Å². The van der Waals surface area contributed by atoms with E-state index in [2.05, 4.69) is 20.8 Å². The van der Waals surface area contributed by atoms with E-state index < -0.39 is 42.2 Å². The highest BCUT2D eigenvalue weighted by Gasteiger charge is 2.38. The number of rotatable bonds is 9. The number of hydrogen-bond acceptors (Lipinski definition) is 5. The SMILES string of the molecule is Cc1ccc(CS(=O)(=O)C(CS(=O)(=O)c2ccc(C)cc2)C(=O)c2ccc(CC(C)(C)C)cc2)cc1. The fourth-order valence-corrected chi connectivity index (χ4v) is 7.97. The van der Waals surface area contributed by atoms with Gasteiger partial charge in [0.25, 0.3) is 0 Å². The molecule has 192 valence electrons. The van der Waals surface area contributed by atoms with Gasteiger partial charge in [-0.1, -0.05) is 92.6 Å². The number of benzene rings is 3. The number of Topliss-reactive ketones (excluding diaryl/α,β-unsaturated/α-hetero) is 1. The highest BCUT2D eigenvalue weighted by atomic mass is 32.2. The Labute approximate surface area is 215 Å². The first-order chi connectivity index (χ1) is 16.7. The number of carbonyl (C=O) groups is 1. The summed E-state index contributed by atoms with van der Waals surface area (Å²) in [6.45, 7) is 10.0. The first-order valence-corrected chi connectivity index (χ1v) is 15.2. The standard InChI is InChI=1S/C29H34O5S2/c1-21-6-10-24(11-7-21)19-36(33,34)27(20-35(31,32)26-16-8-22(2)9-17-26)28(30)25-14-12-23(13-15-25)18-29(3,4)5/h6-17,27H,18-20H2,1-5H3. The number of aryl methyl sites for hydroxylation is 2. The third-order valence-electron chi connectivity index (χ3n) is 5.94. The molecule has 0 fully saturated rings. The van der Waals surface area contributed by atoms with Gasteiger partial charge in [0.05, 0.1) is 16.4 Å². The molecule has 3 aromatic rings. The van der Waals surface area contributed by atoms with Crippen molar-refractivity contribution in [3.63, 3.8) is 0 Å². The maximum atomic E-state index is 13.6. The minimum absolute atomic E-state index is 0.00281. The molecule has 7 heteroatoms. The molecule has 0 heterocycles. The Balaban J connectivity index is 1.99. The van der Waals surface area contributed by atoms with Crippen LogP contribution in [0.2, 0.25) is 0 Å². The van der Waals surface area contributed by atoms with E-state index in [1.165, 1.54) is 12.1 Å². The summed E-state index contributed by atoms with van der Waals surface area (Å²) in [4.78, 5) is 13.5. The summed E-state index contributed by atoms with van der Waals surface area (Å²) < 4.78 is 53.5. The van der Waals surface area contributed by atoms with Gasteiger partial charge in [-0.25, -0.2) is 16.8 Å². The summed E-state index contributed by atoms with van der Waals surface area (Å²) in [7, 11) is -8.20. The molecule has 0 saturated carbocycles. The van der Waals surface area contributed by atoms with Crippen molar-refractivity contribution in [2.24, 2.45) is 5.41 Å². The van der Waals surface area contributed by atoms with Gasteiger partial charge in [0, 0.05) is 5.56 Å². The molecular weight excluding hydrogens is 492 g/mol. The average Bonchev–Trinajstić information content (AvgIpc) is 2.78. The first kappa shape index (κ1) is 27.8. The van der Waals surface area contributed by atoms with Crippen molar-refractivity contribution in [1.29, 1.82) is 0 Å². The summed E-state index contributed by atoms with van der Waals surface area (Å²) in [5.41, 5.74) is 3.61. The van der Waals surface area contributed by atoms with Gasteiger partial charge in [-0.15, -0.1) is 0 Å². The molecular formula is C29H34O5S2. The number of hydrogen-bond donors (Lipinski definition) is 0. The number of ketones is 1. The van der Waals surface area contributed by atoms with E-state index in [0.717, 1.165) is 23.1 Å². The first-order valence-electron chi connectivity index (χ1n) is 11.9. The van der Waals surface area contributed by atoms with Crippen molar-refractivity contribution in [2.75, 3.05) is 5.75 Å². The monoisotopic (exact) mass is 526 g/mol. The number of carbonyl (C=O) groups excluding carboxylic acids is 1. The van der Waals surface area contributed by atoms with Crippen molar-refractivity contribution in [3.05, 3.63) is 101 Å². The van der Waals surface area contributed by atoms with Crippen molar-refractivity contribution < 1.29 is 21.6 Å². The maximum absolute atomic E-state index is 13.6. The second kappa shape index (κ2) is 10.7. The lowest BCUT2D eigenvalue weighted by Gasteiger charge is -2.19. The predicted octanol–water partition coefficient (Wildman–Crippen LogP) is 5.53. The van der Waals surface area contributed by atoms with Gasteiger partial charge in [-0.3, -0.25) is 4.79 Å². The Bertz CT molecular complexity index is 1410. The highest BCUT2D eigenvalue weighted by molar-refractivity contribution is 7.95. The molecule has 0 spiro atoms. The van der Waals surface area contributed by atoms with Crippen LogP contribution in [-0.4, -0.2) is 33.6 Å². The zero-order valence-corrected chi connectivity index (χ0v) is 23.1. The summed E-state index contributed by atoms with van der Waals surface area (Å²) in [6.07, 6.45) is 0.790. The van der Waals surface area contributed by atoms with Crippen LogP contribution >= 0.6 is 0 Å². The van der Waals surface area contributed by atoms with Crippen molar-refractivity contribution >= 4 is 25.5 Å². The summed E-state index contributed by atoms with van der Waals surface area (Å²) in [5.74, 6) is -1.94. The lowest BCUT2D eigenvalue weighted by molar-refractivity contribution is 0.0992. The molecule has 3 rings (SSSR count). The van der Waals surface area contributed by atoms with Gasteiger partial charge in [-0.05, 0) is 48.9 Å². The van der Waals surface area contributed by atoms with Crippen LogP contribution in [0.15, 0.2) is 77.7 Å². The zero-order valence-electron chi connectivity index (χ0n) is 21.5. The van der Waals surface area contributed by atoms with Crippen LogP contribution in [0.1, 0.15) is 53.4 Å². The lowest BCUT2D eigenvalue weighted by atomic mass is 9.88. The van der Waals surface area contributed by atoms with Crippen molar-refractivity contribution in [3.8, 4) is 0 Å². The van der Waals surface area contributed by atoms with Crippen LogP contribution in [0.25, 0.3) is 0 Å². The second-order valence-corrected chi connectivity index (χ2v) is 14.9. The molecule has 0 aliphatic heterocycles. The smallest absolute Gasteiger partial charge is 0.182 e. The Morgan fingerprint density at radius 3 is 1.69 bits per heavy atom. The second-order valence-electron chi connectivity index (χ2n) is 10.7. The highest BCUT2D eigenvalue weighted by Crippen LogP contribution is 2.24. The Kier molecular flexibility index (Phi) is 8.26. The molecule has 0 N–H and O–H groups in total. The van der Waals surface area contributed by atoms with E-state index in [4.69, 9.17) is 0 Å². The van der Waals surface area contributed by atoms with E-state index in [9.17, 15) is 21.6 Å². The molecule has 36 heavy (non-hydrogen) atoms. The normalized spacial score (nSPS) is 13.4. The third kappa shape index (κ3) is 7.37. The molecule has 0 aromatic heterocycles. The van der Waals surface area contributed by atoms with Crippen LogP contribution < -0.4 is 0 Å². The van der Waals surface area contributed by atoms with Crippen molar-refractivity contribution in [1.82, 2.24) is 0 Å². The summed E-state index contributed by atoms with van der Waals surface area (Å²) >= 11 is 0. The molecule has 0 amide bonds. The molecule has 0 saturated heterocycles. The Morgan fingerprint density at radius 1 is 0.722 bits per heavy atom. The van der Waals surface area contributed by atoms with Gasteiger partial charge < -0.3 is 0 Å². The largest absolute Gasteiger partial charge is 0.293 e. The maximum Gasteiger partial charge on any atom is 0.182 e. The zero-order chi connectivity index (χ0) is 26.7. The predicted molar refractivity (Wildman–Crippen MR) is 145 cm³/mol. The molecule has 5 nitrogen and oxygen atoms in total. The van der Waals surface area contributed by atoms with Crippen LogP contribution in [0, 0.1) is 19.3 Å². The van der Waals surface area contributed by atoms with Crippen LogP contribution in [0.5, 0.6) is 0 Å². The molecule has 0 aliphatic carbocycles. The van der Waals surface area contributed by atoms with Crippen LogP contribution in [-0.2, 0) is 31.8 Å². The minimum atomic E-state index is -4.15. The van der Waals surface area contributed by atoms with Gasteiger partial charge in [0.15, 0.2) is 25.5 Å². The van der Waals surface area contributed by atoms with E-state index in [0.29, 0.717) is 5.56 Å². The van der Waals surface area contributed by atoms with E-state index in [1.54, 1.807) is 60.7 Å². The van der Waals surface area contributed by atoms with Gasteiger partial charge >= 0.3 is 0 Å². The summed E-state index contributed by atoms with van der Waals surface area (Å²) in [5, 5.41) is -1.72. The summed E-state index contributed by atoms with van der Waals surface area (Å²) in [6, 6.07) is 19.9. The molecule has 0 radical (unpaired) electrons. The quantitative estimate of drug-likeness (QED) is 0.342. The van der Waals surface area contributed by atoms with Crippen molar-refractivity contribution in [2.45, 2.75) is 56.9 Å².